The molecule has 0 bridgehead atoms. The molecule has 4 nitrogen and oxygen atoms in total. The molecular formula is C29H29N2O2+. The molecule has 0 atom stereocenters. The van der Waals surface area contributed by atoms with Gasteiger partial charge in [-0.2, -0.15) is 4.57 Å². The lowest BCUT2D eigenvalue weighted by Crippen LogP contribution is -2.36. The Morgan fingerprint density at radius 3 is 2.48 bits per heavy atom. The summed E-state index contributed by atoms with van der Waals surface area (Å²) < 4.78 is 2.07. The molecule has 2 aromatic carbocycles. The van der Waals surface area contributed by atoms with Crippen LogP contribution in [0, 0.1) is 0 Å². The lowest BCUT2D eigenvalue weighted by Gasteiger charge is -2.26. The zero-order valence-electron chi connectivity index (χ0n) is 18.6. The van der Waals surface area contributed by atoms with Crippen molar-refractivity contribution in [3.8, 4) is 0 Å². The average molecular weight is 438 g/mol. The number of benzene rings is 2. The molecule has 33 heavy (non-hydrogen) atoms. The summed E-state index contributed by atoms with van der Waals surface area (Å²) in [5, 5.41) is 19.7. The first-order valence-electron chi connectivity index (χ1n) is 11.2. The van der Waals surface area contributed by atoms with Crippen molar-refractivity contribution in [3.05, 3.63) is 121 Å². The standard InChI is InChI=1S/C29H29N2O2/c32-22-20-30-18-16-24(26-12-6-8-14-28(26)30)10-4-2-1-3-5-11-25-17-19-31(21-23-33)29-15-9-7-13-27(25)29/h1-19,32-33H,20-23H2/q+1. The van der Waals surface area contributed by atoms with Crippen LogP contribution in [0.4, 0.5) is 5.69 Å². The number of allylic oxidation sites excluding steroid dienone is 8. The minimum absolute atomic E-state index is 0.122. The van der Waals surface area contributed by atoms with Crippen LogP contribution in [0.25, 0.3) is 22.6 Å². The zero-order chi connectivity index (χ0) is 22.9. The van der Waals surface area contributed by atoms with Crippen LogP contribution in [0.5, 0.6) is 0 Å². The third-order valence-corrected chi connectivity index (χ3v) is 5.59. The first-order chi connectivity index (χ1) is 16.3. The Balaban J connectivity index is 1.44. The van der Waals surface area contributed by atoms with Crippen molar-refractivity contribution < 1.29 is 14.8 Å². The maximum absolute atomic E-state index is 9.29. The van der Waals surface area contributed by atoms with Gasteiger partial charge in [0.1, 0.15) is 6.61 Å². The second-order valence-electron chi connectivity index (χ2n) is 7.71. The fraction of sp³-hybridized carbons (Fsp3) is 0.138. The van der Waals surface area contributed by atoms with Gasteiger partial charge >= 0.3 is 0 Å². The molecule has 0 amide bonds. The normalized spacial score (nSPS) is 15.0. The number of rotatable bonds is 8. The van der Waals surface area contributed by atoms with Crippen LogP contribution in [0.3, 0.4) is 0 Å². The molecule has 1 aromatic heterocycles. The molecule has 0 radical (unpaired) electrons. The molecule has 1 aliphatic heterocycles. The minimum Gasteiger partial charge on any atom is -0.395 e. The van der Waals surface area contributed by atoms with E-state index < -0.39 is 0 Å². The Hall–Kier alpha value is -3.73. The van der Waals surface area contributed by atoms with E-state index in [1.807, 2.05) is 67.0 Å². The molecule has 0 spiro atoms. The Labute approximate surface area is 195 Å². The van der Waals surface area contributed by atoms with Gasteiger partial charge in [0.2, 0.25) is 5.52 Å². The molecular weight excluding hydrogens is 408 g/mol. The number of β-amino-alcohol motifs (C(OH)–C–C–N with tert-alkyl or cyclic N) is 1. The number of nitrogens with zero attached hydrogens (tertiary/aromatic N) is 2. The van der Waals surface area contributed by atoms with Gasteiger partial charge in [0, 0.05) is 36.1 Å². The van der Waals surface area contributed by atoms with Gasteiger partial charge in [-0.25, -0.2) is 0 Å². The summed E-state index contributed by atoms with van der Waals surface area (Å²) in [6, 6.07) is 18.6. The number of aliphatic hydroxyl groups excluding tert-OH is 2. The van der Waals surface area contributed by atoms with Crippen LogP contribution in [-0.4, -0.2) is 30.0 Å². The highest BCUT2D eigenvalue weighted by molar-refractivity contribution is 5.87. The quantitative estimate of drug-likeness (QED) is 0.398. The summed E-state index contributed by atoms with van der Waals surface area (Å²) in [6.45, 7) is 1.42. The van der Waals surface area contributed by atoms with E-state index in [2.05, 4.69) is 58.0 Å². The molecule has 4 heteroatoms. The Morgan fingerprint density at radius 2 is 1.61 bits per heavy atom. The summed E-state index contributed by atoms with van der Waals surface area (Å²) >= 11 is 0. The second-order valence-corrected chi connectivity index (χ2v) is 7.71. The van der Waals surface area contributed by atoms with E-state index in [4.69, 9.17) is 0 Å². The molecule has 166 valence electrons. The fourth-order valence-corrected chi connectivity index (χ4v) is 4.02. The number of aromatic nitrogens is 1. The predicted molar refractivity (Wildman–Crippen MR) is 137 cm³/mol. The summed E-state index contributed by atoms with van der Waals surface area (Å²) in [6.07, 6.45) is 20.5. The van der Waals surface area contributed by atoms with E-state index in [1.165, 1.54) is 0 Å². The summed E-state index contributed by atoms with van der Waals surface area (Å²) in [5.74, 6) is 0. The number of hydrogen-bond acceptors (Lipinski definition) is 3. The van der Waals surface area contributed by atoms with Gasteiger partial charge in [0.25, 0.3) is 0 Å². The molecule has 0 aliphatic carbocycles. The van der Waals surface area contributed by atoms with E-state index in [1.54, 1.807) is 0 Å². The van der Waals surface area contributed by atoms with Gasteiger partial charge in [0.05, 0.1) is 12.0 Å². The highest BCUT2D eigenvalue weighted by Crippen LogP contribution is 2.32. The van der Waals surface area contributed by atoms with Crippen molar-refractivity contribution in [3.63, 3.8) is 0 Å². The van der Waals surface area contributed by atoms with Gasteiger partial charge in [-0.1, -0.05) is 72.9 Å². The lowest BCUT2D eigenvalue weighted by atomic mass is 9.99. The van der Waals surface area contributed by atoms with Gasteiger partial charge < -0.3 is 15.1 Å². The summed E-state index contributed by atoms with van der Waals surface area (Å²) in [5.41, 5.74) is 5.68. The van der Waals surface area contributed by atoms with E-state index in [0.717, 1.165) is 33.3 Å². The first-order valence-corrected chi connectivity index (χ1v) is 11.2. The van der Waals surface area contributed by atoms with Crippen LogP contribution >= 0.6 is 0 Å². The van der Waals surface area contributed by atoms with Crippen LogP contribution < -0.4 is 9.47 Å². The Kier molecular flexibility index (Phi) is 7.64. The maximum Gasteiger partial charge on any atom is 0.213 e. The Bertz CT molecular complexity index is 1250. The number of fused-ring (bicyclic) bond motifs is 2. The van der Waals surface area contributed by atoms with Crippen molar-refractivity contribution in [2.24, 2.45) is 0 Å². The number of pyridine rings is 1. The number of anilines is 1. The third kappa shape index (κ3) is 5.37. The van der Waals surface area contributed by atoms with Crippen LogP contribution in [-0.2, 0) is 6.54 Å². The van der Waals surface area contributed by atoms with Crippen molar-refractivity contribution in [2.75, 3.05) is 24.7 Å². The Morgan fingerprint density at radius 1 is 0.818 bits per heavy atom. The second kappa shape index (κ2) is 11.2. The topological polar surface area (TPSA) is 47.6 Å². The summed E-state index contributed by atoms with van der Waals surface area (Å²) in [4.78, 5) is 2.07. The smallest absolute Gasteiger partial charge is 0.213 e. The van der Waals surface area contributed by atoms with Gasteiger partial charge in [-0.3, -0.25) is 0 Å². The van der Waals surface area contributed by atoms with E-state index in [9.17, 15) is 10.2 Å². The molecule has 0 fully saturated rings. The fourth-order valence-electron chi connectivity index (χ4n) is 4.02. The SMILES string of the molecule is OCCN1C=C/C(=C/C=C/C=C/C=C/c2cc[n+](CCO)c3ccccc23)c2ccccc21. The van der Waals surface area contributed by atoms with E-state index in [-0.39, 0.29) is 13.2 Å². The van der Waals surface area contributed by atoms with Crippen molar-refractivity contribution in [2.45, 2.75) is 6.54 Å². The largest absolute Gasteiger partial charge is 0.395 e. The predicted octanol–water partition coefficient (Wildman–Crippen LogP) is 4.65. The molecule has 0 unspecified atom stereocenters. The van der Waals surface area contributed by atoms with E-state index >= 15 is 0 Å². The van der Waals surface area contributed by atoms with Crippen LogP contribution in [0.1, 0.15) is 11.1 Å². The van der Waals surface area contributed by atoms with Gasteiger partial charge in [-0.15, -0.1) is 0 Å². The van der Waals surface area contributed by atoms with Crippen molar-refractivity contribution >= 4 is 28.2 Å². The molecule has 1 aliphatic rings. The van der Waals surface area contributed by atoms with Crippen LogP contribution in [0.15, 0.2) is 110 Å². The molecule has 2 heterocycles. The lowest BCUT2D eigenvalue weighted by molar-refractivity contribution is -0.672. The minimum atomic E-state index is 0.122. The van der Waals surface area contributed by atoms with E-state index in [0.29, 0.717) is 13.1 Å². The number of hydrogen-bond donors (Lipinski definition) is 2. The van der Waals surface area contributed by atoms with Crippen molar-refractivity contribution in [1.29, 1.82) is 0 Å². The highest BCUT2D eigenvalue weighted by Gasteiger charge is 2.14. The molecule has 4 rings (SSSR count). The number of aliphatic hydroxyl groups is 2. The highest BCUT2D eigenvalue weighted by atomic mass is 16.3. The molecule has 3 aromatic rings. The monoisotopic (exact) mass is 437 g/mol. The average Bonchev–Trinajstić information content (AvgIpc) is 2.86. The molecule has 2 N–H and O–H groups in total. The molecule has 0 saturated carbocycles. The first kappa shape index (κ1) is 22.5. The van der Waals surface area contributed by atoms with Crippen molar-refractivity contribution in [1.82, 2.24) is 0 Å². The van der Waals surface area contributed by atoms with Gasteiger partial charge in [-0.05, 0) is 29.3 Å². The van der Waals surface area contributed by atoms with Gasteiger partial charge in [0.15, 0.2) is 12.7 Å². The summed E-state index contributed by atoms with van der Waals surface area (Å²) in [7, 11) is 0. The zero-order valence-corrected chi connectivity index (χ0v) is 18.6. The molecule has 0 saturated heterocycles. The van der Waals surface area contributed by atoms with Crippen LogP contribution in [0.2, 0.25) is 0 Å². The third-order valence-electron chi connectivity index (χ3n) is 5.59. The number of para-hydroxylation sites is 2. The maximum atomic E-state index is 9.29.